The van der Waals surface area contributed by atoms with Gasteiger partial charge in [-0.15, -0.1) is 0 Å². The Morgan fingerprint density at radius 3 is 2.00 bits per heavy atom. The minimum atomic E-state index is -3.96. The van der Waals surface area contributed by atoms with Gasteiger partial charge in [0.1, 0.15) is 18.2 Å². The molecule has 2 rings (SSSR count). The van der Waals surface area contributed by atoms with Gasteiger partial charge in [-0.05, 0) is 31.9 Å². The fourth-order valence-corrected chi connectivity index (χ4v) is 2.73. The van der Waals surface area contributed by atoms with Gasteiger partial charge in [0.25, 0.3) is 5.91 Å². The maximum atomic E-state index is 14.7. The normalized spacial score (nSPS) is 12.4. The molecular formula is C24H28F2N2O5. The molecule has 33 heavy (non-hydrogen) atoms. The summed E-state index contributed by atoms with van der Waals surface area (Å²) in [5, 5.41) is 4.25. The fourth-order valence-electron chi connectivity index (χ4n) is 2.73. The Morgan fingerprint density at radius 2 is 1.45 bits per heavy atom. The molecule has 0 unspecified atom stereocenters. The van der Waals surface area contributed by atoms with Crippen LogP contribution in [0.2, 0.25) is 0 Å². The standard InChI is InChI=1S/C24H28F2N2O5/c1-23(2,3)33-20(29)19(28-22(31)32-16-18-12-8-5-9-13-18)14-24(25,26)21(30)27-15-17-10-6-4-7-11-17/h4-13,19H,14-16H2,1-3H3,(H,27,30)(H,28,31)/t19-/m0/s1. The Morgan fingerprint density at radius 1 is 0.909 bits per heavy atom. The van der Waals surface area contributed by atoms with Crippen LogP contribution in [-0.2, 0) is 32.2 Å². The molecule has 2 aromatic rings. The number of halogens is 2. The maximum Gasteiger partial charge on any atom is 0.408 e. The van der Waals surface area contributed by atoms with Crippen LogP contribution < -0.4 is 10.6 Å². The maximum absolute atomic E-state index is 14.7. The van der Waals surface area contributed by atoms with E-state index in [2.05, 4.69) is 10.6 Å². The monoisotopic (exact) mass is 462 g/mol. The summed E-state index contributed by atoms with van der Waals surface area (Å²) in [6, 6.07) is 15.4. The van der Waals surface area contributed by atoms with E-state index < -0.39 is 42.0 Å². The van der Waals surface area contributed by atoms with Crippen LogP contribution in [0.3, 0.4) is 0 Å². The summed E-state index contributed by atoms with van der Waals surface area (Å²) in [5.74, 6) is -6.63. The molecule has 0 saturated heterocycles. The van der Waals surface area contributed by atoms with Gasteiger partial charge in [0.05, 0.1) is 6.42 Å². The summed E-state index contributed by atoms with van der Waals surface area (Å²) < 4.78 is 39.5. The van der Waals surface area contributed by atoms with E-state index in [0.717, 1.165) is 0 Å². The van der Waals surface area contributed by atoms with Crippen LogP contribution in [0.4, 0.5) is 13.6 Å². The molecule has 1 atom stereocenters. The summed E-state index contributed by atoms with van der Waals surface area (Å²) in [6.45, 7) is 4.43. The predicted octanol–water partition coefficient (Wildman–Crippen LogP) is 3.96. The van der Waals surface area contributed by atoms with Crippen molar-refractivity contribution in [2.45, 2.75) is 57.9 Å². The molecule has 2 aromatic carbocycles. The van der Waals surface area contributed by atoms with Crippen LogP contribution in [-0.4, -0.2) is 35.5 Å². The van der Waals surface area contributed by atoms with Crippen LogP contribution in [0.1, 0.15) is 38.3 Å². The number of alkyl carbamates (subject to hydrolysis) is 1. The summed E-state index contributed by atoms with van der Waals surface area (Å²) in [5.41, 5.74) is 0.315. The van der Waals surface area contributed by atoms with E-state index in [1.807, 2.05) is 0 Å². The van der Waals surface area contributed by atoms with Crippen LogP contribution in [0.15, 0.2) is 60.7 Å². The second kappa shape index (κ2) is 11.4. The molecule has 9 heteroatoms. The molecule has 0 aromatic heterocycles. The molecule has 7 nitrogen and oxygen atoms in total. The molecule has 178 valence electrons. The van der Waals surface area contributed by atoms with Gasteiger partial charge < -0.3 is 20.1 Å². The molecular weight excluding hydrogens is 434 g/mol. The lowest BCUT2D eigenvalue weighted by Gasteiger charge is -2.26. The Bertz CT molecular complexity index is 931. The van der Waals surface area contributed by atoms with E-state index in [9.17, 15) is 23.2 Å². The molecule has 0 aliphatic rings. The van der Waals surface area contributed by atoms with Crippen molar-refractivity contribution in [2.75, 3.05) is 0 Å². The quantitative estimate of drug-likeness (QED) is 0.550. The minimum absolute atomic E-state index is 0.112. The van der Waals surface area contributed by atoms with E-state index in [-0.39, 0.29) is 13.2 Å². The van der Waals surface area contributed by atoms with Crippen molar-refractivity contribution in [3.63, 3.8) is 0 Å². The molecule has 0 spiro atoms. The van der Waals surface area contributed by atoms with Gasteiger partial charge >= 0.3 is 18.0 Å². The fraction of sp³-hybridized carbons (Fsp3) is 0.375. The Labute approximate surface area is 191 Å². The Kier molecular flexibility index (Phi) is 8.90. The van der Waals surface area contributed by atoms with Crippen LogP contribution in [0.25, 0.3) is 0 Å². The highest BCUT2D eigenvalue weighted by molar-refractivity contribution is 5.86. The van der Waals surface area contributed by atoms with Gasteiger partial charge in [-0.3, -0.25) is 4.79 Å². The number of hydrogen-bond acceptors (Lipinski definition) is 5. The number of alkyl halides is 2. The van der Waals surface area contributed by atoms with E-state index in [1.54, 1.807) is 81.4 Å². The predicted molar refractivity (Wildman–Crippen MR) is 117 cm³/mol. The van der Waals surface area contributed by atoms with Crippen molar-refractivity contribution >= 4 is 18.0 Å². The van der Waals surface area contributed by atoms with Gasteiger partial charge in [0, 0.05) is 6.54 Å². The molecule has 2 amide bonds. The number of rotatable bonds is 9. The highest BCUT2D eigenvalue weighted by Crippen LogP contribution is 2.23. The van der Waals surface area contributed by atoms with Crippen molar-refractivity contribution in [1.82, 2.24) is 10.6 Å². The van der Waals surface area contributed by atoms with Crippen molar-refractivity contribution in [3.05, 3.63) is 71.8 Å². The lowest BCUT2D eigenvalue weighted by atomic mass is 10.1. The highest BCUT2D eigenvalue weighted by Gasteiger charge is 2.44. The first-order chi connectivity index (χ1) is 15.5. The molecule has 0 fully saturated rings. The summed E-state index contributed by atoms with van der Waals surface area (Å²) >= 11 is 0. The number of benzene rings is 2. The van der Waals surface area contributed by atoms with Gasteiger partial charge in [-0.2, -0.15) is 8.78 Å². The molecule has 0 saturated carbocycles. The molecule has 0 aliphatic carbocycles. The van der Waals surface area contributed by atoms with Crippen LogP contribution in [0, 0.1) is 0 Å². The zero-order chi connectivity index (χ0) is 24.5. The highest BCUT2D eigenvalue weighted by atomic mass is 19.3. The number of carbonyl (C=O) groups is 3. The minimum Gasteiger partial charge on any atom is -0.458 e. The molecule has 0 bridgehead atoms. The van der Waals surface area contributed by atoms with Crippen molar-refractivity contribution in [1.29, 1.82) is 0 Å². The average Bonchev–Trinajstić information content (AvgIpc) is 2.75. The number of hydrogen-bond donors (Lipinski definition) is 2. The van der Waals surface area contributed by atoms with Crippen LogP contribution in [0.5, 0.6) is 0 Å². The topological polar surface area (TPSA) is 93.7 Å². The number of ether oxygens (including phenoxy) is 2. The zero-order valence-electron chi connectivity index (χ0n) is 18.8. The number of esters is 1. The van der Waals surface area contributed by atoms with Crippen molar-refractivity contribution in [2.24, 2.45) is 0 Å². The number of carbonyl (C=O) groups excluding carboxylic acids is 3. The second-order valence-corrected chi connectivity index (χ2v) is 8.37. The van der Waals surface area contributed by atoms with E-state index >= 15 is 0 Å². The van der Waals surface area contributed by atoms with E-state index in [1.165, 1.54) is 0 Å². The largest absolute Gasteiger partial charge is 0.458 e. The van der Waals surface area contributed by atoms with Gasteiger partial charge in [-0.1, -0.05) is 60.7 Å². The first-order valence-corrected chi connectivity index (χ1v) is 10.4. The Balaban J connectivity index is 2.03. The average molecular weight is 462 g/mol. The summed E-state index contributed by atoms with van der Waals surface area (Å²) in [7, 11) is 0. The lowest BCUT2D eigenvalue weighted by Crippen LogP contribution is -2.50. The zero-order valence-corrected chi connectivity index (χ0v) is 18.8. The van der Waals surface area contributed by atoms with Crippen molar-refractivity contribution < 1.29 is 32.6 Å². The lowest BCUT2D eigenvalue weighted by molar-refractivity contribution is -0.162. The first-order valence-electron chi connectivity index (χ1n) is 10.4. The van der Waals surface area contributed by atoms with Gasteiger partial charge in [-0.25, -0.2) is 9.59 Å². The number of amides is 2. The van der Waals surface area contributed by atoms with E-state index in [4.69, 9.17) is 9.47 Å². The molecule has 0 aliphatic heterocycles. The van der Waals surface area contributed by atoms with Crippen LogP contribution >= 0.6 is 0 Å². The smallest absolute Gasteiger partial charge is 0.408 e. The third kappa shape index (κ3) is 9.26. The Hall–Kier alpha value is -3.49. The molecule has 0 heterocycles. The third-order valence-electron chi connectivity index (χ3n) is 4.28. The number of nitrogens with one attached hydrogen (secondary N) is 2. The second-order valence-electron chi connectivity index (χ2n) is 8.37. The molecule has 0 radical (unpaired) electrons. The van der Waals surface area contributed by atoms with Gasteiger partial charge in [0.2, 0.25) is 0 Å². The first kappa shape index (κ1) is 25.8. The van der Waals surface area contributed by atoms with Crippen molar-refractivity contribution in [3.8, 4) is 0 Å². The SMILES string of the molecule is CC(C)(C)OC(=O)[C@H](CC(F)(F)C(=O)NCc1ccccc1)NC(=O)OCc1ccccc1. The van der Waals surface area contributed by atoms with Gasteiger partial charge in [0.15, 0.2) is 0 Å². The summed E-state index contributed by atoms with van der Waals surface area (Å²) in [4.78, 5) is 36.8. The third-order valence-corrected chi connectivity index (χ3v) is 4.28. The van der Waals surface area contributed by atoms with E-state index in [0.29, 0.717) is 11.1 Å². The summed E-state index contributed by atoms with van der Waals surface area (Å²) in [6.07, 6.45) is -2.38. The molecule has 2 N–H and O–H groups in total.